The average Bonchev–Trinajstić information content (AvgIpc) is 2.64. The largest absolute Gasteiger partial charge is 0.391 e. The summed E-state index contributed by atoms with van der Waals surface area (Å²) in [6, 6.07) is 0. The van der Waals surface area contributed by atoms with Crippen LogP contribution in [0.1, 0.15) is 10.7 Å². The summed E-state index contributed by atoms with van der Waals surface area (Å²) in [6.07, 6.45) is 0.719. The molecule has 2 N–H and O–H groups in total. The molecule has 0 bridgehead atoms. The topological polar surface area (TPSA) is 45.1 Å². The number of aliphatic hydroxyl groups excluding tert-OH is 1. The van der Waals surface area contributed by atoms with E-state index in [0.29, 0.717) is 5.92 Å². The van der Waals surface area contributed by atoms with Crippen molar-refractivity contribution in [1.82, 2.24) is 10.3 Å². The molecule has 0 amide bonds. The Morgan fingerprint density at radius 1 is 1.69 bits per heavy atom. The van der Waals surface area contributed by atoms with Crippen LogP contribution in [0, 0.1) is 12.8 Å². The third-order valence-electron chi connectivity index (χ3n) is 2.41. The maximum atomic E-state index is 9.57. The minimum atomic E-state index is -0.191. The van der Waals surface area contributed by atoms with E-state index in [-0.39, 0.29) is 6.10 Å². The van der Waals surface area contributed by atoms with Crippen LogP contribution < -0.4 is 5.32 Å². The number of β-amino-alcohol motifs (C(OH)–C–C–N with tert-alkyl or cyclic N) is 1. The first-order valence-corrected chi connectivity index (χ1v) is 5.43. The van der Waals surface area contributed by atoms with Gasteiger partial charge in [0.15, 0.2) is 0 Å². The number of aliphatic hydroxyl groups is 1. The van der Waals surface area contributed by atoms with E-state index < -0.39 is 0 Å². The zero-order chi connectivity index (χ0) is 9.26. The molecule has 2 heterocycles. The van der Waals surface area contributed by atoms with E-state index >= 15 is 0 Å². The van der Waals surface area contributed by atoms with Crippen molar-refractivity contribution >= 4 is 11.3 Å². The minimum Gasteiger partial charge on any atom is -0.391 e. The average molecular weight is 198 g/mol. The predicted octanol–water partition coefficient (Wildman–Crippen LogP) is 0.574. The van der Waals surface area contributed by atoms with Crippen LogP contribution in [0.5, 0.6) is 0 Å². The standard InChI is InChI=1S/C9H14N2OS/c1-6-5-13-9(11-6)2-7-3-10-4-8(7)12/h5,7-8,10,12H,2-4H2,1H3. The number of nitrogens with zero attached hydrogens (tertiary/aromatic N) is 1. The van der Waals surface area contributed by atoms with Crippen LogP contribution in [-0.2, 0) is 6.42 Å². The third kappa shape index (κ3) is 2.07. The highest BCUT2D eigenvalue weighted by atomic mass is 32.1. The molecule has 1 aliphatic heterocycles. The molecular formula is C9H14N2OS. The van der Waals surface area contributed by atoms with E-state index in [4.69, 9.17) is 0 Å². The fourth-order valence-corrected chi connectivity index (χ4v) is 2.51. The smallest absolute Gasteiger partial charge is 0.0932 e. The van der Waals surface area contributed by atoms with Crippen molar-refractivity contribution in [3.63, 3.8) is 0 Å². The Morgan fingerprint density at radius 2 is 2.54 bits per heavy atom. The SMILES string of the molecule is Cc1csc(CC2CNCC2O)n1. The molecule has 4 heteroatoms. The molecule has 1 aliphatic rings. The molecular weight excluding hydrogens is 184 g/mol. The normalized spacial score (nSPS) is 28.2. The summed E-state index contributed by atoms with van der Waals surface area (Å²) in [6.45, 7) is 3.65. The molecule has 13 heavy (non-hydrogen) atoms. The molecule has 2 unspecified atom stereocenters. The van der Waals surface area contributed by atoms with Gasteiger partial charge in [0.1, 0.15) is 0 Å². The van der Waals surface area contributed by atoms with Crippen LogP contribution in [0.25, 0.3) is 0 Å². The molecule has 0 spiro atoms. The van der Waals surface area contributed by atoms with Gasteiger partial charge in [-0.2, -0.15) is 0 Å². The van der Waals surface area contributed by atoms with Gasteiger partial charge in [-0.1, -0.05) is 0 Å². The summed E-state index contributed by atoms with van der Waals surface area (Å²) in [4.78, 5) is 4.39. The molecule has 1 aromatic rings. The van der Waals surface area contributed by atoms with Crippen molar-refractivity contribution in [3.8, 4) is 0 Å². The predicted molar refractivity (Wildman–Crippen MR) is 52.9 cm³/mol. The highest BCUT2D eigenvalue weighted by molar-refractivity contribution is 7.09. The van der Waals surface area contributed by atoms with Gasteiger partial charge in [0, 0.05) is 36.5 Å². The van der Waals surface area contributed by atoms with Gasteiger partial charge in [-0.3, -0.25) is 0 Å². The van der Waals surface area contributed by atoms with Crippen LogP contribution in [-0.4, -0.2) is 29.3 Å². The fourth-order valence-electron chi connectivity index (χ4n) is 1.65. The van der Waals surface area contributed by atoms with Crippen molar-refractivity contribution in [1.29, 1.82) is 0 Å². The maximum absolute atomic E-state index is 9.57. The van der Waals surface area contributed by atoms with Gasteiger partial charge >= 0.3 is 0 Å². The van der Waals surface area contributed by atoms with Gasteiger partial charge in [0.2, 0.25) is 0 Å². The zero-order valence-electron chi connectivity index (χ0n) is 7.66. The second-order valence-electron chi connectivity index (χ2n) is 3.57. The van der Waals surface area contributed by atoms with E-state index in [2.05, 4.69) is 15.7 Å². The lowest BCUT2D eigenvalue weighted by Crippen LogP contribution is -2.19. The summed E-state index contributed by atoms with van der Waals surface area (Å²) in [5.74, 6) is 0.352. The molecule has 3 nitrogen and oxygen atoms in total. The third-order valence-corrected chi connectivity index (χ3v) is 3.40. The van der Waals surface area contributed by atoms with E-state index in [1.54, 1.807) is 11.3 Å². The van der Waals surface area contributed by atoms with Crippen LogP contribution in [0.4, 0.5) is 0 Å². The first-order valence-electron chi connectivity index (χ1n) is 4.55. The van der Waals surface area contributed by atoms with Crippen LogP contribution in [0.3, 0.4) is 0 Å². The molecule has 0 saturated carbocycles. The molecule has 1 saturated heterocycles. The minimum absolute atomic E-state index is 0.191. The molecule has 0 aliphatic carbocycles. The maximum Gasteiger partial charge on any atom is 0.0932 e. The molecule has 2 rings (SSSR count). The van der Waals surface area contributed by atoms with Crippen LogP contribution >= 0.6 is 11.3 Å². The Labute approximate surface area is 81.8 Å². The Hall–Kier alpha value is -0.450. The molecule has 1 aromatic heterocycles. The summed E-state index contributed by atoms with van der Waals surface area (Å²) in [5.41, 5.74) is 1.08. The van der Waals surface area contributed by atoms with E-state index in [1.165, 1.54) is 0 Å². The Bertz CT molecular complexity index is 287. The summed E-state index contributed by atoms with van der Waals surface area (Å²) in [5, 5.41) is 16.0. The molecule has 1 fully saturated rings. The molecule has 72 valence electrons. The van der Waals surface area contributed by atoms with Gasteiger partial charge in [0.25, 0.3) is 0 Å². The number of aromatic nitrogens is 1. The quantitative estimate of drug-likeness (QED) is 0.730. The van der Waals surface area contributed by atoms with Gasteiger partial charge in [-0.05, 0) is 6.92 Å². The number of rotatable bonds is 2. The first kappa shape index (κ1) is 9.12. The van der Waals surface area contributed by atoms with Crippen LogP contribution in [0.15, 0.2) is 5.38 Å². The lowest BCUT2D eigenvalue weighted by atomic mass is 10.0. The first-order chi connectivity index (χ1) is 6.25. The Balaban J connectivity index is 1.97. The van der Waals surface area contributed by atoms with E-state index in [9.17, 15) is 5.11 Å². The Morgan fingerprint density at radius 3 is 3.08 bits per heavy atom. The van der Waals surface area contributed by atoms with Crippen molar-refractivity contribution in [2.24, 2.45) is 5.92 Å². The Kier molecular flexibility index (Phi) is 2.62. The number of aryl methyl sites for hydroxylation is 1. The summed E-state index contributed by atoms with van der Waals surface area (Å²) in [7, 11) is 0. The highest BCUT2D eigenvalue weighted by Gasteiger charge is 2.25. The van der Waals surface area contributed by atoms with Crippen molar-refractivity contribution < 1.29 is 5.11 Å². The summed E-state index contributed by atoms with van der Waals surface area (Å²) < 4.78 is 0. The van der Waals surface area contributed by atoms with Gasteiger partial charge in [-0.15, -0.1) is 11.3 Å². The lowest BCUT2D eigenvalue weighted by molar-refractivity contribution is 0.147. The highest BCUT2D eigenvalue weighted by Crippen LogP contribution is 2.18. The molecule has 2 atom stereocenters. The van der Waals surface area contributed by atoms with Crippen LogP contribution in [0.2, 0.25) is 0 Å². The van der Waals surface area contributed by atoms with E-state index in [0.717, 1.165) is 30.2 Å². The van der Waals surface area contributed by atoms with E-state index in [1.807, 2.05) is 6.92 Å². The van der Waals surface area contributed by atoms with Crippen molar-refractivity contribution in [3.05, 3.63) is 16.1 Å². The summed E-state index contributed by atoms with van der Waals surface area (Å²) >= 11 is 1.69. The zero-order valence-corrected chi connectivity index (χ0v) is 8.47. The lowest BCUT2D eigenvalue weighted by Gasteiger charge is -2.10. The van der Waals surface area contributed by atoms with Gasteiger partial charge in [0.05, 0.1) is 11.1 Å². The number of hydrogen-bond donors (Lipinski definition) is 2. The molecule has 0 radical (unpaired) electrons. The van der Waals surface area contributed by atoms with Gasteiger partial charge in [-0.25, -0.2) is 4.98 Å². The fraction of sp³-hybridized carbons (Fsp3) is 0.667. The number of thiazole rings is 1. The van der Waals surface area contributed by atoms with Crippen molar-refractivity contribution in [2.75, 3.05) is 13.1 Å². The number of nitrogens with one attached hydrogen (secondary N) is 1. The molecule has 0 aromatic carbocycles. The second-order valence-corrected chi connectivity index (χ2v) is 4.52. The number of hydrogen-bond acceptors (Lipinski definition) is 4. The monoisotopic (exact) mass is 198 g/mol. The second kappa shape index (κ2) is 3.74. The van der Waals surface area contributed by atoms with Gasteiger partial charge < -0.3 is 10.4 Å². The van der Waals surface area contributed by atoms with Crippen molar-refractivity contribution in [2.45, 2.75) is 19.4 Å².